The highest BCUT2D eigenvalue weighted by Crippen LogP contribution is 2.28. The van der Waals surface area contributed by atoms with Crippen molar-refractivity contribution in [3.8, 4) is 0 Å². The van der Waals surface area contributed by atoms with Gasteiger partial charge in [0.2, 0.25) is 0 Å². The van der Waals surface area contributed by atoms with Crippen molar-refractivity contribution >= 4 is 6.03 Å². The predicted octanol–water partition coefficient (Wildman–Crippen LogP) is 1.83. The topological polar surface area (TPSA) is 52.6 Å². The number of carbonyl (C=O) groups is 1. The number of likely N-dealkylation sites (N-methyl/N-ethyl adjacent to an activating group) is 1. The molecule has 1 aliphatic carbocycles. The van der Waals surface area contributed by atoms with E-state index in [0.29, 0.717) is 12.5 Å². The van der Waals surface area contributed by atoms with Crippen LogP contribution in [0.4, 0.5) is 4.79 Å². The Morgan fingerprint density at radius 1 is 1.47 bits per heavy atom. The highest BCUT2D eigenvalue weighted by atomic mass is 16.3. The van der Waals surface area contributed by atoms with Crippen LogP contribution in [0.25, 0.3) is 0 Å². The lowest BCUT2D eigenvalue weighted by atomic mass is 9.80. The number of hydrogen-bond donors (Lipinski definition) is 2. The van der Waals surface area contributed by atoms with Crippen molar-refractivity contribution in [3.63, 3.8) is 0 Å². The van der Waals surface area contributed by atoms with E-state index in [1.165, 1.54) is 12.8 Å². The molecule has 100 valence electrons. The van der Waals surface area contributed by atoms with Crippen LogP contribution in [0.5, 0.6) is 0 Å². The summed E-state index contributed by atoms with van der Waals surface area (Å²) in [6.45, 7) is 6.54. The van der Waals surface area contributed by atoms with E-state index in [-0.39, 0.29) is 12.1 Å². The summed E-state index contributed by atoms with van der Waals surface area (Å²) in [6.07, 6.45) is 2.96. The molecule has 0 aromatic heterocycles. The van der Waals surface area contributed by atoms with Crippen molar-refractivity contribution in [3.05, 3.63) is 0 Å². The minimum absolute atomic E-state index is 0.0719. The molecule has 0 saturated heterocycles. The molecule has 0 aliphatic heterocycles. The lowest BCUT2D eigenvalue weighted by Crippen LogP contribution is -2.48. The molecule has 4 unspecified atom stereocenters. The zero-order chi connectivity index (χ0) is 13.0. The molecule has 4 nitrogen and oxygen atoms in total. The summed E-state index contributed by atoms with van der Waals surface area (Å²) in [5.41, 5.74) is 0. The molecule has 1 aliphatic rings. The van der Waals surface area contributed by atoms with E-state index < -0.39 is 6.10 Å². The van der Waals surface area contributed by atoms with E-state index >= 15 is 0 Å². The molecule has 2 amide bonds. The van der Waals surface area contributed by atoms with Crippen LogP contribution in [-0.4, -0.2) is 41.8 Å². The van der Waals surface area contributed by atoms with Crippen molar-refractivity contribution in [2.45, 2.75) is 52.2 Å². The monoisotopic (exact) mass is 242 g/mol. The van der Waals surface area contributed by atoms with Crippen LogP contribution in [0.15, 0.2) is 0 Å². The number of nitrogens with one attached hydrogen (secondary N) is 1. The van der Waals surface area contributed by atoms with Crippen molar-refractivity contribution in [1.82, 2.24) is 10.2 Å². The fourth-order valence-corrected chi connectivity index (χ4v) is 2.63. The predicted molar refractivity (Wildman–Crippen MR) is 68.8 cm³/mol. The molecule has 2 N–H and O–H groups in total. The third kappa shape index (κ3) is 4.54. The van der Waals surface area contributed by atoms with Gasteiger partial charge in [0, 0.05) is 19.6 Å². The van der Waals surface area contributed by atoms with Crippen LogP contribution in [-0.2, 0) is 0 Å². The molecule has 0 aromatic rings. The van der Waals surface area contributed by atoms with E-state index in [1.807, 2.05) is 0 Å². The third-order valence-electron chi connectivity index (χ3n) is 3.63. The molecule has 4 atom stereocenters. The van der Waals surface area contributed by atoms with Gasteiger partial charge in [-0.25, -0.2) is 4.79 Å². The van der Waals surface area contributed by atoms with Gasteiger partial charge in [0.1, 0.15) is 0 Å². The molecule has 0 bridgehead atoms. The van der Waals surface area contributed by atoms with Gasteiger partial charge in [-0.15, -0.1) is 0 Å². The average molecular weight is 242 g/mol. The number of nitrogens with zero attached hydrogens (tertiary/aromatic N) is 1. The first-order valence-corrected chi connectivity index (χ1v) is 6.59. The molecule has 0 spiro atoms. The maximum Gasteiger partial charge on any atom is 0.317 e. The highest BCUT2D eigenvalue weighted by molar-refractivity contribution is 5.74. The van der Waals surface area contributed by atoms with E-state index in [9.17, 15) is 9.90 Å². The van der Waals surface area contributed by atoms with Gasteiger partial charge in [0.05, 0.1) is 6.10 Å². The molecule has 0 radical (unpaired) electrons. The summed E-state index contributed by atoms with van der Waals surface area (Å²) in [5.74, 6) is 1.32. The Morgan fingerprint density at radius 3 is 2.65 bits per heavy atom. The van der Waals surface area contributed by atoms with Gasteiger partial charge in [0.25, 0.3) is 0 Å². The fourth-order valence-electron chi connectivity index (χ4n) is 2.63. The zero-order valence-electron chi connectivity index (χ0n) is 11.4. The molecule has 1 rings (SSSR count). The standard InChI is InChI=1S/C13H26N2O2/c1-9-5-6-12(10(2)7-9)14-13(17)15(4)8-11(3)16/h9-12,16H,5-8H2,1-4H3,(H,14,17). The molecule has 4 heteroatoms. The Kier molecular flexibility index (Phi) is 5.25. The van der Waals surface area contributed by atoms with Gasteiger partial charge in [0.15, 0.2) is 0 Å². The second-order valence-corrected chi connectivity index (χ2v) is 5.68. The van der Waals surface area contributed by atoms with Crippen molar-refractivity contribution in [2.75, 3.05) is 13.6 Å². The van der Waals surface area contributed by atoms with Gasteiger partial charge >= 0.3 is 6.03 Å². The summed E-state index contributed by atoms with van der Waals surface area (Å²) in [7, 11) is 1.72. The summed E-state index contributed by atoms with van der Waals surface area (Å²) < 4.78 is 0. The largest absolute Gasteiger partial charge is 0.392 e. The number of carbonyl (C=O) groups excluding carboxylic acids is 1. The van der Waals surface area contributed by atoms with Crippen molar-refractivity contribution in [1.29, 1.82) is 0 Å². The summed E-state index contributed by atoms with van der Waals surface area (Å²) in [6, 6.07) is 0.215. The van der Waals surface area contributed by atoms with E-state index in [4.69, 9.17) is 0 Å². The smallest absolute Gasteiger partial charge is 0.317 e. The Hall–Kier alpha value is -0.770. The van der Waals surface area contributed by atoms with Crippen LogP contribution in [0.2, 0.25) is 0 Å². The van der Waals surface area contributed by atoms with Gasteiger partial charge < -0.3 is 15.3 Å². The van der Waals surface area contributed by atoms with Crippen molar-refractivity contribution in [2.24, 2.45) is 11.8 Å². The quantitative estimate of drug-likeness (QED) is 0.793. The Balaban J connectivity index is 2.40. The molecule has 0 heterocycles. The van der Waals surface area contributed by atoms with Gasteiger partial charge in [-0.2, -0.15) is 0 Å². The van der Waals surface area contributed by atoms with Crippen molar-refractivity contribution < 1.29 is 9.90 Å². The Labute approximate surface area is 104 Å². The van der Waals surface area contributed by atoms with Crippen LogP contribution >= 0.6 is 0 Å². The summed E-state index contributed by atoms with van der Waals surface area (Å²) in [4.78, 5) is 13.4. The SMILES string of the molecule is CC(O)CN(C)C(=O)NC1CCC(C)CC1C. The molecular weight excluding hydrogens is 216 g/mol. The first-order chi connectivity index (χ1) is 7.90. The minimum atomic E-state index is -0.477. The van der Waals surface area contributed by atoms with E-state index in [2.05, 4.69) is 19.2 Å². The maximum absolute atomic E-state index is 11.9. The second kappa shape index (κ2) is 6.24. The van der Waals surface area contributed by atoms with E-state index in [1.54, 1.807) is 18.9 Å². The molecular formula is C13H26N2O2. The lowest BCUT2D eigenvalue weighted by molar-refractivity contribution is 0.137. The molecule has 1 saturated carbocycles. The normalized spacial score (nSPS) is 30.8. The van der Waals surface area contributed by atoms with Gasteiger partial charge in [-0.05, 0) is 38.0 Å². The third-order valence-corrected chi connectivity index (χ3v) is 3.63. The Bertz CT molecular complexity index is 256. The number of rotatable bonds is 3. The van der Waals surface area contributed by atoms with E-state index in [0.717, 1.165) is 12.3 Å². The first-order valence-electron chi connectivity index (χ1n) is 6.59. The lowest BCUT2D eigenvalue weighted by Gasteiger charge is -2.34. The van der Waals surface area contributed by atoms with Crippen LogP contribution < -0.4 is 5.32 Å². The molecule has 0 aromatic carbocycles. The van der Waals surface area contributed by atoms with Crippen LogP contribution in [0.3, 0.4) is 0 Å². The summed E-state index contributed by atoms with van der Waals surface area (Å²) in [5, 5.41) is 12.3. The number of aliphatic hydroxyl groups excluding tert-OH is 1. The zero-order valence-corrected chi connectivity index (χ0v) is 11.4. The second-order valence-electron chi connectivity index (χ2n) is 5.68. The number of urea groups is 1. The fraction of sp³-hybridized carbons (Fsp3) is 0.923. The van der Waals surface area contributed by atoms with Crippen LogP contribution in [0, 0.1) is 11.8 Å². The minimum Gasteiger partial charge on any atom is -0.392 e. The maximum atomic E-state index is 11.9. The average Bonchev–Trinajstić information content (AvgIpc) is 2.21. The summed E-state index contributed by atoms with van der Waals surface area (Å²) >= 11 is 0. The number of amides is 2. The molecule has 1 fully saturated rings. The molecule has 17 heavy (non-hydrogen) atoms. The first kappa shape index (κ1) is 14.3. The number of aliphatic hydroxyl groups is 1. The van der Waals surface area contributed by atoms with Crippen LogP contribution in [0.1, 0.15) is 40.0 Å². The highest BCUT2D eigenvalue weighted by Gasteiger charge is 2.27. The Morgan fingerprint density at radius 2 is 2.12 bits per heavy atom. The van der Waals surface area contributed by atoms with Gasteiger partial charge in [-0.3, -0.25) is 0 Å². The number of hydrogen-bond acceptors (Lipinski definition) is 2. The van der Waals surface area contributed by atoms with Gasteiger partial charge in [-0.1, -0.05) is 13.8 Å².